The molecule has 4 aromatic rings. The molecular weight excluding hydrogens is 509 g/mol. The first-order valence-electron chi connectivity index (χ1n) is 12.9. The number of anilines is 3. The van der Waals surface area contributed by atoms with Crippen molar-refractivity contribution in [2.45, 2.75) is 49.8 Å². The third-order valence-electron chi connectivity index (χ3n) is 8.14. The van der Waals surface area contributed by atoms with Crippen molar-refractivity contribution >= 4 is 28.4 Å². The van der Waals surface area contributed by atoms with Crippen LogP contribution in [-0.2, 0) is 0 Å². The molecule has 2 fully saturated rings. The molecule has 2 unspecified atom stereocenters. The van der Waals surface area contributed by atoms with E-state index >= 15 is 0 Å². The van der Waals surface area contributed by atoms with E-state index in [1.165, 1.54) is 6.20 Å². The van der Waals surface area contributed by atoms with Crippen LogP contribution in [0.5, 0.6) is 0 Å². The molecular formula is C27H25F3N8O. The van der Waals surface area contributed by atoms with Gasteiger partial charge in [0.15, 0.2) is 23.3 Å². The molecule has 200 valence electrons. The maximum Gasteiger partial charge on any atom is 0.251 e. The van der Waals surface area contributed by atoms with Crippen molar-refractivity contribution < 1.29 is 18.3 Å². The van der Waals surface area contributed by atoms with E-state index in [1.807, 2.05) is 13.1 Å². The van der Waals surface area contributed by atoms with Crippen LogP contribution in [0.25, 0.3) is 22.3 Å². The molecule has 3 N–H and O–H groups in total. The second-order valence-electron chi connectivity index (χ2n) is 10.6. The average molecular weight is 535 g/mol. The molecule has 3 aliphatic rings. The molecule has 7 rings (SSSR count). The second kappa shape index (κ2) is 8.82. The van der Waals surface area contributed by atoms with Gasteiger partial charge in [-0.15, -0.1) is 0 Å². The van der Waals surface area contributed by atoms with E-state index in [0.29, 0.717) is 35.4 Å². The minimum absolute atomic E-state index is 0.129. The average Bonchev–Trinajstić information content (AvgIpc) is 2.89. The van der Waals surface area contributed by atoms with Crippen molar-refractivity contribution in [3.63, 3.8) is 0 Å². The number of piperidine rings is 1. The summed E-state index contributed by atoms with van der Waals surface area (Å²) < 4.78 is 41.1. The fraction of sp³-hybridized carbons (Fsp3) is 0.370. The molecule has 4 aromatic heterocycles. The van der Waals surface area contributed by atoms with Gasteiger partial charge in [0.2, 0.25) is 0 Å². The Morgan fingerprint density at radius 3 is 2.74 bits per heavy atom. The van der Waals surface area contributed by atoms with Gasteiger partial charge in [-0.3, -0.25) is 4.98 Å². The molecule has 9 nitrogen and oxygen atoms in total. The molecule has 12 heteroatoms. The summed E-state index contributed by atoms with van der Waals surface area (Å²) in [5.41, 5.74) is 1.45. The number of aromatic nitrogens is 5. The summed E-state index contributed by atoms with van der Waals surface area (Å²) in [6.07, 6.45) is 7.92. The van der Waals surface area contributed by atoms with Crippen molar-refractivity contribution in [1.29, 1.82) is 0 Å². The zero-order valence-electron chi connectivity index (χ0n) is 21.0. The Balaban J connectivity index is 1.34. The summed E-state index contributed by atoms with van der Waals surface area (Å²) in [6, 6.07) is 3.81. The lowest BCUT2D eigenvalue weighted by atomic mass is 9.69. The van der Waals surface area contributed by atoms with Crippen LogP contribution in [0.1, 0.15) is 37.7 Å². The standard InChI is InChI=1S/C27H25F3N8O/c1-27(39)12-31-6-5-20(27)38-19-3-2-14(19)15-10-32-11-18-22(15)26(38)37-24(34-18)13-4-7-33-21(8-13)35-25-17(29)9-16(28)23(30)36-25/h4,7-11,14,19-20,31,39H,2-3,5-6,12H2,1H3,(H,33,35,36)/t14?,19?,20-,27-/m1/s1. The largest absolute Gasteiger partial charge is 0.387 e. The summed E-state index contributed by atoms with van der Waals surface area (Å²) in [7, 11) is 0. The molecule has 6 heterocycles. The predicted octanol–water partition coefficient (Wildman–Crippen LogP) is 3.82. The molecule has 0 bridgehead atoms. The Labute approximate surface area is 221 Å². The lowest BCUT2D eigenvalue weighted by Crippen LogP contribution is -2.65. The van der Waals surface area contributed by atoms with E-state index in [9.17, 15) is 18.3 Å². The van der Waals surface area contributed by atoms with Crippen LogP contribution < -0.4 is 15.5 Å². The van der Waals surface area contributed by atoms with E-state index in [0.717, 1.165) is 42.6 Å². The van der Waals surface area contributed by atoms with Crippen LogP contribution in [0.4, 0.5) is 30.6 Å². The highest BCUT2D eigenvalue weighted by Crippen LogP contribution is 2.52. The van der Waals surface area contributed by atoms with Crippen LogP contribution in [0.15, 0.2) is 36.8 Å². The van der Waals surface area contributed by atoms with Gasteiger partial charge in [0.05, 0.1) is 23.4 Å². The predicted molar refractivity (Wildman–Crippen MR) is 138 cm³/mol. The van der Waals surface area contributed by atoms with Gasteiger partial charge in [0.1, 0.15) is 11.6 Å². The first-order chi connectivity index (χ1) is 18.8. The number of halogens is 3. The van der Waals surface area contributed by atoms with Crippen LogP contribution in [0, 0.1) is 17.6 Å². The summed E-state index contributed by atoms with van der Waals surface area (Å²) >= 11 is 0. The van der Waals surface area contributed by atoms with E-state index < -0.39 is 29.0 Å². The molecule has 1 saturated carbocycles. The lowest BCUT2D eigenvalue weighted by Gasteiger charge is -2.55. The molecule has 0 radical (unpaired) electrons. The van der Waals surface area contributed by atoms with Crippen LogP contribution >= 0.6 is 0 Å². The van der Waals surface area contributed by atoms with Gasteiger partial charge < -0.3 is 20.6 Å². The van der Waals surface area contributed by atoms with Crippen molar-refractivity contribution in [2.24, 2.45) is 0 Å². The smallest absolute Gasteiger partial charge is 0.251 e. The second-order valence-corrected chi connectivity index (χ2v) is 10.6. The van der Waals surface area contributed by atoms with Gasteiger partial charge in [0.25, 0.3) is 5.95 Å². The normalized spacial score (nSPS) is 25.8. The molecule has 39 heavy (non-hydrogen) atoms. The van der Waals surface area contributed by atoms with Gasteiger partial charge in [-0.05, 0) is 50.4 Å². The molecule has 1 saturated heterocycles. The summed E-state index contributed by atoms with van der Waals surface area (Å²) in [5.74, 6) is -2.70. The number of nitrogens with one attached hydrogen (secondary N) is 2. The number of hydrogen-bond donors (Lipinski definition) is 3. The molecule has 0 amide bonds. The van der Waals surface area contributed by atoms with Gasteiger partial charge in [0, 0.05) is 47.9 Å². The highest BCUT2D eigenvalue weighted by atomic mass is 19.2. The molecule has 1 aliphatic carbocycles. The fourth-order valence-electron chi connectivity index (χ4n) is 6.14. The third-order valence-corrected chi connectivity index (χ3v) is 8.14. The first-order valence-corrected chi connectivity index (χ1v) is 12.9. The van der Waals surface area contributed by atoms with Crippen LogP contribution in [-0.4, -0.2) is 60.8 Å². The number of β-amino-alcohol motifs (C(OH)–C–C–N with tert-alkyl or cyclic N) is 1. The Kier molecular flexibility index (Phi) is 5.46. The van der Waals surface area contributed by atoms with E-state index in [-0.39, 0.29) is 17.9 Å². The molecule has 0 aromatic carbocycles. The Hall–Kier alpha value is -3.90. The highest BCUT2D eigenvalue weighted by Gasteiger charge is 2.50. The van der Waals surface area contributed by atoms with Gasteiger partial charge in [-0.25, -0.2) is 23.7 Å². The number of aliphatic hydroxyl groups is 1. The topological polar surface area (TPSA) is 112 Å². The van der Waals surface area contributed by atoms with E-state index in [4.69, 9.17) is 9.97 Å². The molecule has 4 atom stereocenters. The SMILES string of the molecule is C[C@@]1(O)CNCC[C@H]1N1c2nc(-c3ccnc(Nc4nc(F)c(F)cc4F)c3)nc3cncc(c23)C2CCC21. The molecule has 2 aliphatic heterocycles. The van der Waals surface area contributed by atoms with Gasteiger partial charge >= 0.3 is 0 Å². The quantitative estimate of drug-likeness (QED) is 0.337. The van der Waals surface area contributed by atoms with E-state index in [2.05, 4.69) is 30.5 Å². The Morgan fingerprint density at radius 2 is 1.95 bits per heavy atom. The summed E-state index contributed by atoms with van der Waals surface area (Å²) in [4.78, 5) is 24.1. The van der Waals surface area contributed by atoms with Crippen molar-refractivity contribution in [1.82, 2.24) is 30.2 Å². The molecule has 0 spiro atoms. The fourth-order valence-corrected chi connectivity index (χ4v) is 6.14. The van der Waals surface area contributed by atoms with Crippen molar-refractivity contribution in [3.8, 4) is 11.4 Å². The number of fused-ring (bicyclic) bond motifs is 2. The minimum atomic E-state index is -1.42. The number of rotatable bonds is 4. The van der Waals surface area contributed by atoms with Crippen LogP contribution in [0.3, 0.4) is 0 Å². The first kappa shape index (κ1) is 24.2. The number of nitrogens with zero attached hydrogens (tertiary/aromatic N) is 6. The zero-order valence-corrected chi connectivity index (χ0v) is 21.0. The Morgan fingerprint density at radius 1 is 1.08 bits per heavy atom. The van der Waals surface area contributed by atoms with Crippen molar-refractivity contribution in [3.05, 3.63) is 59.9 Å². The van der Waals surface area contributed by atoms with Gasteiger partial charge in [-0.2, -0.15) is 9.37 Å². The number of pyridine rings is 3. The van der Waals surface area contributed by atoms with Crippen LogP contribution in [0.2, 0.25) is 0 Å². The maximum absolute atomic E-state index is 14.2. The summed E-state index contributed by atoms with van der Waals surface area (Å²) in [6.45, 7) is 3.15. The highest BCUT2D eigenvalue weighted by molar-refractivity contribution is 5.96. The minimum Gasteiger partial charge on any atom is -0.387 e. The number of hydrogen-bond acceptors (Lipinski definition) is 9. The zero-order chi connectivity index (χ0) is 26.9. The summed E-state index contributed by atoms with van der Waals surface area (Å²) in [5, 5.41) is 18.2. The van der Waals surface area contributed by atoms with Gasteiger partial charge in [-0.1, -0.05) is 0 Å². The lowest BCUT2D eigenvalue weighted by molar-refractivity contribution is 0.00579. The monoisotopic (exact) mass is 534 g/mol. The van der Waals surface area contributed by atoms with Crippen molar-refractivity contribution in [2.75, 3.05) is 23.3 Å². The maximum atomic E-state index is 14.2. The van der Waals surface area contributed by atoms with E-state index in [1.54, 1.807) is 18.3 Å². The Bertz CT molecular complexity index is 1620. The third kappa shape index (κ3) is 3.89.